The molecule has 0 saturated carbocycles. The molecular weight excluding hydrogens is 399 g/mol. The van der Waals surface area contributed by atoms with Crippen molar-refractivity contribution in [1.82, 2.24) is 10.1 Å². The number of hydrogen-bond acceptors (Lipinski definition) is 6. The number of halogens is 1. The zero-order valence-electron chi connectivity index (χ0n) is 17.3. The van der Waals surface area contributed by atoms with Crippen molar-refractivity contribution >= 4 is 16.8 Å². The third kappa shape index (κ3) is 4.28. The first-order valence-corrected chi connectivity index (χ1v) is 10.9. The summed E-state index contributed by atoms with van der Waals surface area (Å²) in [5, 5.41) is 5.14. The molecule has 3 heterocycles. The number of nitrogens with zero attached hydrogens (tertiary/aromatic N) is 2. The molecule has 2 aliphatic heterocycles. The van der Waals surface area contributed by atoms with Crippen LogP contribution in [0.15, 0.2) is 40.9 Å². The molecule has 3 aromatic rings. The predicted octanol–water partition coefficient (Wildman–Crippen LogP) is 4.58. The highest BCUT2D eigenvalue weighted by atomic mass is 19.1. The number of piperidine rings is 1. The molecule has 1 fully saturated rings. The molecule has 1 aromatic heterocycles. The van der Waals surface area contributed by atoms with Gasteiger partial charge in [-0.3, -0.25) is 4.79 Å². The standard InChI is InChI=1S/C24H25FN2O4/c25-17-2-4-19-23(14-17)31-26-24(19)16-6-10-27(11-7-16)9-1-12-29-18-3-5-22-20(15-18)21(28)8-13-30-22/h2-5,14-16H,1,6-13H2. The van der Waals surface area contributed by atoms with Crippen molar-refractivity contribution in [1.29, 1.82) is 0 Å². The first-order chi connectivity index (χ1) is 15.2. The van der Waals surface area contributed by atoms with E-state index in [9.17, 15) is 9.18 Å². The Hall–Kier alpha value is -2.93. The van der Waals surface area contributed by atoms with Crippen LogP contribution in [0.25, 0.3) is 11.0 Å². The van der Waals surface area contributed by atoms with Crippen LogP contribution in [0.2, 0.25) is 0 Å². The number of fused-ring (bicyclic) bond motifs is 2. The van der Waals surface area contributed by atoms with E-state index < -0.39 is 0 Å². The average molecular weight is 424 g/mol. The molecular formula is C24H25FN2O4. The lowest BCUT2D eigenvalue weighted by molar-refractivity contribution is 0.0932. The van der Waals surface area contributed by atoms with Crippen LogP contribution >= 0.6 is 0 Å². The number of aromatic nitrogens is 1. The number of benzene rings is 2. The number of ketones is 1. The van der Waals surface area contributed by atoms with E-state index in [1.807, 2.05) is 12.1 Å². The highest BCUT2D eigenvalue weighted by Crippen LogP contribution is 2.33. The van der Waals surface area contributed by atoms with Crippen molar-refractivity contribution in [3.05, 3.63) is 53.5 Å². The van der Waals surface area contributed by atoms with Crippen molar-refractivity contribution < 1.29 is 23.2 Å². The summed E-state index contributed by atoms with van der Waals surface area (Å²) in [7, 11) is 0. The zero-order valence-corrected chi connectivity index (χ0v) is 17.3. The molecule has 0 radical (unpaired) electrons. The number of likely N-dealkylation sites (tertiary alicyclic amines) is 1. The minimum absolute atomic E-state index is 0.111. The van der Waals surface area contributed by atoms with Gasteiger partial charge in [0.25, 0.3) is 0 Å². The van der Waals surface area contributed by atoms with Gasteiger partial charge in [-0.05, 0) is 62.7 Å². The molecule has 31 heavy (non-hydrogen) atoms. The van der Waals surface area contributed by atoms with Gasteiger partial charge in [-0.1, -0.05) is 5.16 Å². The number of carbonyl (C=O) groups excluding carboxylic acids is 1. The maximum absolute atomic E-state index is 13.4. The maximum Gasteiger partial charge on any atom is 0.170 e. The average Bonchev–Trinajstić information content (AvgIpc) is 3.20. The van der Waals surface area contributed by atoms with E-state index in [2.05, 4.69) is 10.1 Å². The largest absolute Gasteiger partial charge is 0.494 e. The van der Waals surface area contributed by atoms with Crippen LogP contribution < -0.4 is 9.47 Å². The molecule has 6 nitrogen and oxygen atoms in total. The van der Waals surface area contributed by atoms with Gasteiger partial charge < -0.3 is 18.9 Å². The van der Waals surface area contributed by atoms with Crippen LogP contribution in [-0.2, 0) is 0 Å². The summed E-state index contributed by atoms with van der Waals surface area (Å²) in [6.45, 7) is 4.00. The van der Waals surface area contributed by atoms with Crippen LogP contribution in [0.4, 0.5) is 4.39 Å². The van der Waals surface area contributed by atoms with Crippen molar-refractivity contribution in [2.24, 2.45) is 0 Å². The fourth-order valence-electron chi connectivity index (χ4n) is 4.46. The molecule has 0 atom stereocenters. The molecule has 0 bridgehead atoms. The van der Waals surface area contributed by atoms with E-state index in [0.717, 1.165) is 50.0 Å². The third-order valence-corrected chi connectivity index (χ3v) is 6.16. The lowest BCUT2D eigenvalue weighted by Gasteiger charge is -2.31. The fraction of sp³-hybridized carbons (Fsp3) is 0.417. The van der Waals surface area contributed by atoms with Gasteiger partial charge >= 0.3 is 0 Å². The molecule has 2 aromatic carbocycles. The first-order valence-electron chi connectivity index (χ1n) is 10.9. The Morgan fingerprint density at radius 1 is 1.16 bits per heavy atom. The molecule has 1 saturated heterocycles. The second-order valence-corrected chi connectivity index (χ2v) is 8.21. The lowest BCUT2D eigenvalue weighted by atomic mass is 9.91. The summed E-state index contributed by atoms with van der Waals surface area (Å²) in [5.41, 5.74) is 2.09. The van der Waals surface area contributed by atoms with Gasteiger partial charge in [0.15, 0.2) is 11.4 Å². The van der Waals surface area contributed by atoms with Crippen molar-refractivity contribution in [2.75, 3.05) is 32.8 Å². The highest BCUT2D eigenvalue weighted by molar-refractivity contribution is 5.99. The summed E-state index contributed by atoms with van der Waals surface area (Å²) in [5.74, 6) is 1.51. The summed E-state index contributed by atoms with van der Waals surface area (Å²) >= 11 is 0. The minimum Gasteiger partial charge on any atom is -0.494 e. The molecule has 7 heteroatoms. The van der Waals surface area contributed by atoms with E-state index in [0.29, 0.717) is 48.2 Å². The maximum atomic E-state index is 13.4. The molecule has 0 aliphatic carbocycles. The quantitative estimate of drug-likeness (QED) is 0.540. The second kappa shape index (κ2) is 8.67. The first kappa shape index (κ1) is 20.0. The van der Waals surface area contributed by atoms with Crippen LogP contribution in [0, 0.1) is 5.82 Å². The summed E-state index contributed by atoms with van der Waals surface area (Å²) in [4.78, 5) is 14.4. The van der Waals surface area contributed by atoms with Crippen LogP contribution in [0.3, 0.4) is 0 Å². The molecule has 162 valence electrons. The van der Waals surface area contributed by atoms with Crippen LogP contribution in [0.1, 0.15) is 47.7 Å². The Morgan fingerprint density at radius 2 is 2.03 bits per heavy atom. The number of hydrogen-bond donors (Lipinski definition) is 0. The lowest BCUT2D eigenvalue weighted by Crippen LogP contribution is -2.34. The van der Waals surface area contributed by atoms with E-state index in [1.54, 1.807) is 12.1 Å². The smallest absolute Gasteiger partial charge is 0.170 e. The molecule has 2 aliphatic rings. The number of carbonyl (C=O) groups is 1. The SMILES string of the molecule is O=C1CCOc2ccc(OCCCN3CCC(c4noc5cc(F)ccc45)CC3)cc21. The second-order valence-electron chi connectivity index (χ2n) is 8.21. The number of ether oxygens (including phenoxy) is 2. The highest BCUT2D eigenvalue weighted by Gasteiger charge is 2.25. The summed E-state index contributed by atoms with van der Waals surface area (Å²) in [6, 6.07) is 10.1. The van der Waals surface area contributed by atoms with Gasteiger partial charge in [0.2, 0.25) is 0 Å². The Balaban J connectivity index is 1.08. The molecule has 0 unspecified atom stereocenters. The van der Waals surface area contributed by atoms with Gasteiger partial charge in [-0.25, -0.2) is 4.39 Å². The van der Waals surface area contributed by atoms with E-state index in [4.69, 9.17) is 14.0 Å². The van der Waals surface area contributed by atoms with Crippen molar-refractivity contribution in [2.45, 2.75) is 31.6 Å². The zero-order chi connectivity index (χ0) is 21.2. The Kier molecular flexibility index (Phi) is 5.59. The Bertz CT molecular complexity index is 1090. The van der Waals surface area contributed by atoms with Gasteiger partial charge in [0.05, 0.1) is 24.5 Å². The molecule has 5 rings (SSSR count). The number of Topliss-reactive ketones (excluding diaryl/α,β-unsaturated/α-hetero) is 1. The van der Waals surface area contributed by atoms with E-state index >= 15 is 0 Å². The van der Waals surface area contributed by atoms with Crippen LogP contribution in [0.5, 0.6) is 11.5 Å². The topological polar surface area (TPSA) is 64.8 Å². The minimum atomic E-state index is -0.303. The summed E-state index contributed by atoms with van der Waals surface area (Å²) in [6.07, 6.45) is 3.35. The van der Waals surface area contributed by atoms with Crippen molar-refractivity contribution in [3.8, 4) is 11.5 Å². The monoisotopic (exact) mass is 424 g/mol. The molecule has 0 N–H and O–H groups in total. The normalized spacial score (nSPS) is 17.5. The predicted molar refractivity (Wildman–Crippen MR) is 113 cm³/mol. The van der Waals surface area contributed by atoms with E-state index in [1.165, 1.54) is 12.1 Å². The molecule has 0 amide bonds. The van der Waals surface area contributed by atoms with Gasteiger partial charge in [0, 0.05) is 30.3 Å². The van der Waals surface area contributed by atoms with E-state index in [-0.39, 0.29) is 11.6 Å². The summed E-state index contributed by atoms with van der Waals surface area (Å²) < 4.78 is 30.1. The van der Waals surface area contributed by atoms with Crippen molar-refractivity contribution in [3.63, 3.8) is 0 Å². The fourth-order valence-corrected chi connectivity index (χ4v) is 4.46. The number of rotatable bonds is 6. The Labute approximate surface area is 179 Å². The Morgan fingerprint density at radius 3 is 2.90 bits per heavy atom. The third-order valence-electron chi connectivity index (χ3n) is 6.16. The molecule has 0 spiro atoms. The van der Waals surface area contributed by atoms with Crippen LogP contribution in [-0.4, -0.2) is 48.7 Å². The van der Waals surface area contributed by atoms with Gasteiger partial charge in [0.1, 0.15) is 17.3 Å². The van der Waals surface area contributed by atoms with Gasteiger partial charge in [-0.2, -0.15) is 0 Å². The van der Waals surface area contributed by atoms with Gasteiger partial charge in [-0.15, -0.1) is 0 Å².